The molecule has 3 aromatic rings. The number of aromatic nitrogens is 5. The first-order valence-electron chi connectivity index (χ1n) is 7.01. The van der Waals surface area contributed by atoms with E-state index in [1.54, 1.807) is 6.07 Å². The maximum atomic E-state index is 12.3. The summed E-state index contributed by atoms with van der Waals surface area (Å²) in [5, 5.41) is 26.3. The van der Waals surface area contributed by atoms with E-state index < -0.39 is 5.91 Å². The number of aromatic hydroxyl groups is 1. The summed E-state index contributed by atoms with van der Waals surface area (Å²) in [5.74, 6) is -0.515. The van der Waals surface area contributed by atoms with Gasteiger partial charge in [-0.05, 0) is 28.6 Å². The standard InChI is InChI=1S/C14H15N7O2S/c1-20(2)14-17-9(7-24-14)6-15-13(23)11-5-10(3-4-12(11)22)21-8-16-18-19-21/h3-5,7-8,22H,6H2,1-2H3,(H,15,23). The van der Waals surface area contributed by atoms with Crippen LogP contribution in [0.4, 0.5) is 5.13 Å². The molecule has 0 unspecified atom stereocenters. The van der Waals surface area contributed by atoms with Crippen LogP contribution in [0.15, 0.2) is 29.9 Å². The third-order valence-electron chi connectivity index (χ3n) is 3.19. The highest BCUT2D eigenvalue weighted by atomic mass is 32.1. The number of carbonyl (C=O) groups excluding carboxylic acids is 1. The van der Waals surface area contributed by atoms with Gasteiger partial charge in [-0.15, -0.1) is 16.4 Å². The minimum absolute atomic E-state index is 0.114. The topological polar surface area (TPSA) is 109 Å². The predicted molar refractivity (Wildman–Crippen MR) is 88.4 cm³/mol. The van der Waals surface area contributed by atoms with E-state index in [1.165, 1.54) is 34.5 Å². The zero-order chi connectivity index (χ0) is 17.1. The number of nitrogens with one attached hydrogen (secondary N) is 1. The molecule has 9 nitrogen and oxygen atoms in total. The molecular weight excluding hydrogens is 330 g/mol. The molecule has 0 radical (unpaired) electrons. The predicted octanol–water partition coefficient (Wildman–Crippen LogP) is 0.820. The van der Waals surface area contributed by atoms with Gasteiger partial charge in [0.2, 0.25) is 0 Å². The molecule has 124 valence electrons. The van der Waals surface area contributed by atoms with E-state index in [-0.39, 0.29) is 17.9 Å². The van der Waals surface area contributed by atoms with Crippen molar-refractivity contribution in [2.75, 3.05) is 19.0 Å². The van der Waals surface area contributed by atoms with E-state index in [1.807, 2.05) is 24.4 Å². The molecule has 0 saturated carbocycles. The van der Waals surface area contributed by atoms with Gasteiger partial charge in [0.15, 0.2) is 5.13 Å². The van der Waals surface area contributed by atoms with Crippen molar-refractivity contribution >= 4 is 22.4 Å². The minimum Gasteiger partial charge on any atom is -0.507 e. The fraction of sp³-hybridized carbons (Fsp3) is 0.214. The Hall–Kier alpha value is -3.01. The lowest BCUT2D eigenvalue weighted by molar-refractivity contribution is 0.0948. The van der Waals surface area contributed by atoms with Crippen LogP contribution in [0.1, 0.15) is 16.1 Å². The average Bonchev–Trinajstić information content (AvgIpc) is 3.24. The molecule has 1 amide bonds. The molecule has 24 heavy (non-hydrogen) atoms. The van der Waals surface area contributed by atoms with Crippen LogP contribution in [-0.2, 0) is 6.54 Å². The van der Waals surface area contributed by atoms with Crippen molar-refractivity contribution in [2.45, 2.75) is 6.54 Å². The third-order valence-corrected chi connectivity index (χ3v) is 4.25. The summed E-state index contributed by atoms with van der Waals surface area (Å²) in [6.45, 7) is 0.276. The highest BCUT2D eigenvalue weighted by Gasteiger charge is 2.14. The minimum atomic E-state index is -0.401. The second-order valence-corrected chi connectivity index (χ2v) is 5.99. The molecule has 2 aromatic heterocycles. The summed E-state index contributed by atoms with van der Waals surface area (Å²) in [6, 6.07) is 4.57. The van der Waals surface area contributed by atoms with Crippen LogP contribution in [0, 0.1) is 0 Å². The molecule has 0 saturated heterocycles. The maximum Gasteiger partial charge on any atom is 0.255 e. The smallest absolute Gasteiger partial charge is 0.255 e. The zero-order valence-corrected chi connectivity index (χ0v) is 13.9. The number of phenolic OH excluding ortho intramolecular Hbond substituents is 1. The fourth-order valence-corrected chi connectivity index (χ4v) is 2.74. The number of carbonyl (C=O) groups is 1. The number of anilines is 1. The van der Waals surface area contributed by atoms with Gasteiger partial charge in [0.25, 0.3) is 5.91 Å². The van der Waals surface area contributed by atoms with Crippen LogP contribution in [0.5, 0.6) is 5.75 Å². The summed E-state index contributed by atoms with van der Waals surface area (Å²) >= 11 is 1.50. The molecule has 0 fully saturated rings. The number of benzene rings is 1. The van der Waals surface area contributed by atoms with E-state index in [0.29, 0.717) is 5.69 Å². The third kappa shape index (κ3) is 3.33. The molecule has 0 aliphatic rings. The Labute approximate surface area is 141 Å². The van der Waals surface area contributed by atoms with E-state index in [0.717, 1.165) is 10.8 Å². The van der Waals surface area contributed by atoms with E-state index in [4.69, 9.17) is 0 Å². The van der Waals surface area contributed by atoms with Gasteiger partial charge in [-0.1, -0.05) is 0 Å². The highest BCUT2D eigenvalue weighted by Crippen LogP contribution is 2.21. The Bertz CT molecular complexity index is 845. The van der Waals surface area contributed by atoms with Gasteiger partial charge in [0.1, 0.15) is 12.1 Å². The normalized spacial score (nSPS) is 10.6. The monoisotopic (exact) mass is 345 g/mol. The number of thiazole rings is 1. The quantitative estimate of drug-likeness (QED) is 0.704. The molecule has 0 aliphatic heterocycles. The number of amides is 1. The summed E-state index contributed by atoms with van der Waals surface area (Å²) in [7, 11) is 3.81. The summed E-state index contributed by atoms with van der Waals surface area (Å²) in [4.78, 5) is 18.6. The van der Waals surface area contributed by atoms with Gasteiger partial charge < -0.3 is 15.3 Å². The van der Waals surface area contributed by atoms with Crippen molar-refractivity contribution in [1.29, 1.82) is 0 Å². The summed E-state index contributed by atoms with van der Waals surface area (Å²) in [5.41, 5.74) is 1.48. The summed E-state index contributed by atoms with van der Waals surface area (Å²) < 4.78 is 1.40. The fourth-order valence-electron chi connectivity index (χ4n) is 1.98. The van der Waals surface area contributed by atoms with Crippen LogP contribution >= 0.6 is 11.3 Å². The summed E-state index contributed by atoms with van der Waals surface area (Å²) in [6.07, 6.45) is 1.41. The van der Waals surface area contributed by atoms with E-state index in [2.05, 4.69) is 25.8 Å². The molecule has 2 N–H and O–H groups in total. The number of rotatable bonds is 5. The van der Waals surface area contributed by atoms with Crippen molar-refractivity contribution in [3.05, 3.63) is 41.2 Å². The van der Waals surface area contributed by atoms with Crippen molar-refractivity contribution in [3.63, 3.8) is 0 Å². The van der Waals surface area contributed by atoms with Gasteiger partial charge in [-0.3, -0.25) is 4.79 Å². The van der Waals surface area contributed by atoms with Crippen molar-refractivity contribution in [3.8, 4) is 11.4 Å². The molecule has 3 rings (SSSR count). The zero-order valence-electron chi connectivity index (χ0n) is 13.0. The van der Waals surface area contributed by atoms with Crippen molar-refractivity contribution in [2.24, 2.45) is 0 Å². The van der Waals surface area contributed by atoms with Crippen LogP contribution in [-0.4, -0.2) is 50.3 Å². The van der Waals surface area contributed by atoms with Gasteiger partial charge in [0.05, 0.1) is 23.5 Å². The number of phenols is 1. The lowest BCUT2D eigenvalue weighted by Crippen LogP contribution is -2.23. The maximum absolute atomic E-state index is 12.3. The van der Waals surface area contributed by atoms with Crippen molar-refractivity contribution in [1.82, 2.24) is 30.5 Å². The van der Waals surface area contributed by atoms with Crippen LogP contribution < -0.4 is 10.2 Å². The number of tetrazole rings is 1. The first-order valence-corrected chi connectivity index (χ1v) is 7.89. The second kappa shape index (κ2) is 6.62. The Morgan fingerprint density at radius 2 is 2.25 bits per heavy atom. The van der Waals surface area contributed by atoms with Gasteiger partial charge in [-0.25, -0.2) is 9.67 Å². The lowest BCUT2D eigenvalue weighted by atomic mass is 10.1. The van der Waals surface area contributed by atoms with Gasteiger partial charge >= 0.3 is 0 Å². The molecule has 0 bridgehead atoms. The van der Waals surface area contributed by atoms with Gasteiger partial charge in [-0.2, -0.15) is 0 Å². The highest BCUT2D eigenvalue weighted by molar-refractivity contribution is 7.13. The first-order chi connectivity index (χ1) is 11.5. The Balaban J connectivity index is 1.73. The van der Waals surface area contributed by atoms with Gasteiger partial charge in [0, 0.05) is 19.5 Å². The first kappa shape index (κ1) is 15.9. The molecule has 0 aliphatic carbocycles. The number of hydrogen-bond donors (Lipinski definition) is 2. The van der Waals surface area contributed by atoms with Crippen molar-refractivity contribution < 1.29 is 9.90 Å². The Morgan fingerprint density at radius 1 is 1.42 bits per heavy atom. The molecule has 10 heteroatoms. The lowest BCUT2D eigenvalue weighted by Gasteiger charge is -2.08. The largest absolute Gasteiger partial charge is 0.507 e. The van der Waals surface area contributed by atoms with Crippen LogP contribution in [0.3, 0.4) is 0 Å². The average molecular weight is 345 g/mol. The SMILES string of the molecule is CN(C)c1nc(CNC(=O)c2cc(-n3cnnn3)ccc2O)cs1. The Kier molecular flexibility index (Phi) is 4.38. The van der Waals surface area contributed by atoms with E-state index >= 15 is 0 Å². The molecular formula is C14H15N7O2S. The van der Waals surface area contributed by atoms with Crippen LogP contribution in [0.25, 0.3) is 5.69 Å². The number of nitrogens with zero attached hydrogens (tertiary/aromatic N) is 6. The van der Waals surface area contributed by atoms with Crippen LogP contribution in [0.2, 0.25) is 0 Å². The molecule has 0 spiro atoms. The number of hydrogen-bond acceptors (Lipinski definition) is 8. The molecule has 1 aromatic carbocycles. The second-order valence-electron chi connectivity index (χ2n) is 5.15. The Morgan fingerprint density at radius 3 is 2.92 bits per heavy atom. The molecule has 2 heterocycles. The molecule has 0 atom stereocenters. The van der Waals surface area contributed by atoms with E-state index in [9.17, 15) is 9.90 Å².